The molecular weight excluding hydrogens is 215 g/mol. The Kier molecular flexibility index (Phi) is 3.55. The second-order valence-electron chi connectivity index (χ2n) is 5.35. The summed E-state index contributed by atoms with van der Waals surface area (Å²) in [7, 11) is 0. The van der Waals surface area contributed by atoms with Gasteiger partial charge in [-0.1, -0.05) is 13.8 Å². The monoisotopic (exact) mass is 236 g/mol. The summed E-state index contributed by atoms with van der Waals surface area (Å²) in [4.78, 5) is 0. The average molecular weight is 236 g/mol. The maximum Gasteiger partial charge on any atom is 0.148 e. The van der Waals surface area contributed by atoms with Crippen molar-refractivity contribution in [2.45, 2.75) is 39.2 Å². The standard InChI is InChI=1S/C14H21FN2/c1-9-3-5-12(7-10(9)2)17-14-6-4-11(16)8-13(14)15/h4,6,8-10,12,17H,3,5,7,16H2,1-2H3. The number of hydrogen-bond donors (Lipinski definition) is 2. The van der Waals surface area contributed by atoms with Crippen LogP contribution in [0.4, 0.5) is 15.8 Å². The van der Waals surface area contributed by atoms with Crippen LogP contribution < -0.4 is 11.1 Å². The maximum atomic E-state index is 13.6. The number of anilines is 2. The lowest BCUT2D eigenvalue weighted by Gasteiger charge is -2.33. The second kappa shape index (κ2) is 4.94. The molecule has 1 aromatic rings. The predicted octanol–water partition coefficient (Wildman–Crippen LogP) is 3.64. The number of hydrogen-bond acceptors (Lipinski definition) is 2. The van der Waals surface area contributed by atoms with E-state index in [0.717, 1.165) is 18.8 Å². The Morgan fingerprint density at radius 3 is 2.65 bits per heavy atom. The Balaban J connectivity index is 2.01. The average Bonchev–Trinajstić information content (AvgIpc) is 2.27. The summed E-state index contributed by atoms with van der Waals surface area (Å²) in [6.07, 6.45) is 3.45. The fourth-order valence-electron chi connectivity index (χ4n) is 2.55. The molecule has 0 heterocycles. The molecule has 3 heteroatoms. The highest BCUT2D eigenvalue weighted by atomic mass is 19.1. The van der Waals surface area contributed by atoms with Gasteiger partial charge in [0.1, 0.15) is 5.82 Å². The Morgan fingerprint density at radius 2 is 2.00 bits per heavy atom. The highest BCUT2D eigenvalue weighted by Crippen LogP contribution is 2.31. The molecule has 2 rings (SSSR count). The SMILES string of the molecule is CC1CCC(Nc2ccc(N)cc2F)CC1C. The van der Waals surface area contributed by atoms with Gasteiger partial charge in [-0.15, -0.1) is 0 Å². The van der Waals surface area contributed by atoms with Crippen molar-refractivity contribution < 1.29 is 4.39 Å². The van der Waals surface area contributed by atoms with Crippen LogP contribution in [0, 0.1) is 17.7 Å². The second-order valence-corrected chi connectivity index (χ2v) is 5.35. The summed E-state index contributed by atoms with van der Waals surface area (Å²) in [6.45, 7) is 4.57. The van der Waals surface area contributed by atoms with Gasteiger partial charge in [0.05, 0.1) is 5.69 Å². The van der Waals surface area contributed by atoms with Crippen LogP contribution in [0.3, 0.4) is 0 Å². The third kappa shape index (κ3) is 2.90. The molecule has 3 atom stereocenters. The van der Waals surface area contributed by atoms with Gasteiger partial charge in [-0.2, -0.15) is 0 Å². The first-order chi connectivity index (χ1) is 8.06. The first-order valence-corrected chi connectivity index (χ1v) is 6.38. The van der Waals surface area contributed by atoms with Crippen molar-refractivity contribution in [3.05, 3.63) is 24.0 Å². The van der Waals surface area contributed by atoms with Gasteiger partial charge < -0.3 is 11.1 Å². The van der Waals surface area contributed by atoms with E-state index in [0.29, 0.717) is 23.3 Å². The molecule has 0 bridgehead atoms. The zero-order chi connectivity index (χ0) is 12.4. The van der Waals surface area contributed by atoms with E-state index in [1.54, 1.807) is 12.1 Å². The molecule has 0 radical (unpaired) electrons. The van der Waals surface area contributed by atoms with Crippen LogP contribution in [0.5, 0.6) is 0 Å². The minimum absolute atomic E-state index is 0.253. The van der Waals surface area contributed by atoms with Crippen molar-refractivity contribution in [2.24, 2.45) is 11.8 Å². The van der Waals surface area contributed by atoms with Gasteiger partial charge in [0.2, 0.25) is 0 Å². The minimum atomic E-state index is -0.253. The van der Waals surface area contributed by atoms with Crippen molar-refractivity contribution in [1.82, 2.24) is 0 Å². The van der Waals surface area contributed by atoms with Gasteiger partial charge >= 0.3 is 0 Å². The van der Waals surface area contributed by atoms with Crippen molar-refractivity contribution in [3.8, 4) is 0 Å². The molecule has 0 saturated heterocycles. The van der Waals surface area contributed by atoms with Crippen molar-refractivity contribution in [2.75, 3.05) is 11.1 Å². The third-order valence-electron chi connectivity index (χ3n) is 3.95. The molecule has 3 N–H and O–H groups in total. The molecular formula is C14H21FN2. The van der Waals surface area contributed by atoms with Crippen LogP contribution >= 0.6 is 0 Å². The minimum Gasteiger partial charge on any atom is -0.399 e. The fourth-order valence-corrected chi connectivity index (χ4v) is 2.55. The summed E-state index contributed by atoms with van der Waals surface area (Å²) in [6, 6.07) is 5.23. The van der Waals surface area contributed by atoms with E-state index in [1.165, 1.54) is 12.5 Å². The van der Waals surface area contributed by atoms with E-state index < -0.39 is 0 Å². The summed E-state index contributed by atoms with van der Waals surface area (Å²) in [5.41, 5.74) is 6.58. The largest absolute Gasteiger partial charge is 0.399 e. The predicted molar refractivity (Wildman–Crippen MR) is 70.4 cm³/mol. The number of rotatable bonds is 2. The topological polar surface area (TPSA) is 38.0 Å². The van der Waals surface area contributed by atoms with E-state index in [-0.39, 0.29) is 5.82 Å². The summed E-state index contributed by atoms with van der Waals surface area (Å²) < 4.78 is 13.6. The molecule has 1 saturated carbocycles. The Bertz CT molecular complexity index is 392. The zero-order valence-corrected chi connectivity index (χ0v) is 10.5. The molecule has 0 aliphatic heterocycles. The molecule has 17 heavy (non-hydrogen) atoms. The van der Waals surface area contributed by atoms with E-state index >= 15 is 0 Å². The molecule has 2 nitrogen and oxygen atoms in total. The molecule has 94 valence electrons. The fraction of sp³-hybridized carbons (Fsp3) is 0.571. The molecule has 0 spiro atoms. The van der Waals surface area contributed by atoms with E-state index in [4.69, 9.17) is 5.73 Å². The smallest absolute Gasteiger partial charge is 0.148 e. The summed E-state index contributed by atoms with van der Waals surface area (Å²) in [5.74, 6) is 1.23. The lowest BCUT2D eigenvalue weighted by atomic mass is 9.79. The lowest BCUT2D eigenvalue weighted by molar-refractivity contribution is 0.260. The molecule has 1 aliphatic rings. The normalized spacial score (nSPS) is 29.0. The van der Waals surface area contributed by atoms with E-state index in [9.17, 15) is 4.39 Å². The van der Waals surface area contributed by atoms with Crippen LogP contribution in [-0.4, -0.2) is 6.04 Å². The van der Waals surface area contributed by atoms with Gasteiger partial charge in [0.15, 0.2) is 0 Å². The molecule has 1 fully saturated rings. The van der Waals surface area contributed by atoms with Gasteiger partial charge in [-0.25, -0.2) is 4.39 Å². The zero-order valence-electron chi connectivity index (χ0n) is 10.5. The Labute approximate surface area is 102 Å². The first kappa shape index (κ1) is 12.2. The molecule has 0 amide bonds. The van der Waals surface area contributed by atoms with E-state index in [1.807, 2.05) is 0 Å². The number of nitrogen functional groups attached to an aromatic ring is 1. The Hall–Kier alpha value is -1.25. The number of nitrogens with two attached hydrogens (primary N) is 1. The van der Waals surface area contributed by atoms with Gasteiger partial charge in [0, 0.05) is 11.7 Å². The molecule has 1 aromatic carbocycles. The maximum absolute atomic E-state index is 13.6. The van der Waals surface area contributed by atoms with Crippen molar-refractivity contribution in [1.29, 1.82) is 0 Å². The number of nitrogens with one attached hydrogen (secondary N) is 1. The van der Waals surface area contributed by atoms with Crippen LogP contribution in [-0.2, 0) is 0 Å². The van der Waals surface area contributed by atoms with Crippen molar-refractivity contribution >= 4 is 11.4 Å². The summed E-state index contributed by atoms with van der Waals surface area (Å²) in [5, 5.41) is 3.30. The van der Waals surface area contributed by atoms with Crippen LogP contribution in [0.25, 0.3) is 0 Å². The number of benzene rings is 1. The van der Waals surface area contributed by atoms with Gasteiger partial charge in [0.25, 0.3) is 0 Å². The van der Waals surface area contributed by atoms with Crippen molar-refractivity contribution in [3.63, 3.8) is 0 Å². The number of halogens is 1. The molecule has 3 unspecified atom stereocenters. The van der Waals surface area contributed by atoms with Crippen LogP contribution in [0.1, 0.15) is 33.1 Å². The highest BCUT2D eigenvalue weighted by molar-refractivity contribution is 5.53. The van der Waals surface area contributed by atoms with Gasteiger partial charge in [-0.3, -0.25) is 0 Å². The van der Waals surface area contributed by atoms with E-state index in [2.05, 4.69) is 19.2 Å². The molecule has 1 aliphatic carbocycles. The van der Waals surface area contributed by atoms with Crippen LogP contribution in [0.15, 0.2) is 18.2 Å². The first-order valence-electron chi connectivity index (χ1n) is 6.38. The third-order valence-corrected chi connectivity index (χ3v) is 3.95. The lowest BCUT2D eigenvalue weighted by Crippen LogP contribution is -2.30. The van der Waals surface area contributed by atoms with Gasteiger partial charge in [-0.05, 0) is 49.3 Å². The quantitative estimate of drug-likeness (QED) is 0.769. The molecule has 0 aromatic heterocycles. The highest BCUT2D eigenvalue weighted by Gasteiger charge is 2.24. The Morgan fingerprint density at radius 1 is 1.24 bits per heavy atom. The van der Waals surface area contributed by atoms with Crippen LogP contribution in [0.2, 0.25) is 0 Å². The summed E-state index contributed by atoms with van der Waals surface area (Å²) >= 11 is 0.